The van der Waals surface area contributed by atoms with E-state index in [-0.39, 0.29) is 12.1 Å². The van der Waals surface area contributed by atoms with Crippen LogP contribution in [0, 0.1) is 0 Å². The number of nitrogens with zero attached hydrogens (tertiary/aromatic N) is 4. The molecule has 2 heterocycles. The van der Waals surface area contributed by atoms with Gasteiger partial charge < -0.3 is 4.74 Å². The normalized spacial score (nSPS) is 10.5. The number of hydrogen-bond acceptors (Lipinski definition) is 7. The number of carbonyl (C=O) groups is 1. The second kappa shape index (κ2) is 8.42. The fraction of sp³-hybridized carbons (Fsp3) is 0.400. The molecule has 0 radical (unpaired) electrons. The second-order valence-electron chi connectivity index (χ2n) is 4.57. The van der Waals surface area contributed by atoms with Gasteiger partial charge >= 0.3 is 5.97 Å². The van der Waals surface area contributed by atoms with Crippen molar-refractivity contribution in [2.75, 3.05) is 6.61 Å². The molecule has 2 aromatic heterocycles. The number of rotatable bonds is 7. The molecule has 0 aliphatic heterocycles. The Labute approximate surface area is 138 Å². The molecule has 0 bridgehead atoms. The zero-order valence-electron chi connectivity index (χ0n) is 13.1. The van der Waals surface area contributed by atoms with E-state index in [0.29, 0.717) is 29.6 Å². The van der Waals surface area contributed by atoms with E-state index < -0.39 is 5.97 Å². The number of aryl methyl sites for hydroxylation is 1. The molecule has 0 fully saturated rings. The van der Waals surface area contributed by atoms with Gasteiger partial charge in [-0.3, -0.25) is 14.6 Å². The minimum atomic E-state index is -0.410. The molecule has 0 saturated heterocycles. The highest BCUT2D eigenvalue weighted by Gasteiger charge is 2.14. The van der Waals surface area contributed by atoms with Gasteiger partial charge in [0, 0.05) is 11.9 Å². The monoisotopic (exact) mass is 334 g/mol. The van der Waals surface area contributed by atoms with Crippen LogP contribution in [0.2, 0.25) is 0 Å². The Morgan fingerprint density at radius 2 is 2.17 bits per heavy atom. The quantitative estimate of drug-likeness (QED) is 0.559. The van der Waals surface area contributed by atoms with Crippen molar-refractivity contribution < 1.29 is 9.53 Å². The van der Waals surface area contributed by atoms with E-state index in [2.05, 4.69) is 15.1 Å². The van der Waals surface area contributed by atoms with Crippen LogP contribution in [0.25, 0.3) is 0 Å². The fourth-order valence-electron chi connectivity index (χ4n) is 1.82. The van der Waals surface area contributed by atoms with E-state index in [1.807, 2.05) is 25.1 Å². The van der Waals surface area contributed by atoms with Crippen molar-refractivity contribution in [2.45, 2.75) is 37.7 Å². The van der Waals surface area contributed by atoms with Gasteiger partial charge in [-0.2, -0.15) is 10.1 Å². The van der Waals surface area contributed by atoms with Crippen molar-refractivity contribution in [3.8, 4) is 0 Å². The first-order chi connectivity index (χ1) is 11.1. The van der Waals surface area contributed by atoms with Gasteiger partial charge in [0.2, 0.25) is 0 Å². The van der Waals surface area contributed by atoms with Gasteiger partial charge in [0.1, 0.15) is 12.2 Å². The van der Waals surface area contributed by atoms with Gasteiger partial charge in [-0.25, -0.2) is 4.68 Å². The summed E-state index contributed by atoms with van der Waals surface area (Å²) in [5.41, 5.74) is 0.821. The number of pyridine rings is 1. The van der Waals surface area contributed by atoms with E-state index in [1.54, 1.807) is 13.1 Å². The summed E-state index contributed by atoms with van der Waals surface area (Å²) in [5.74, 6) is 0.121. The largest absolute Gasteiger partial charge is 0.465 e. The van der Waals surface area contributed by atoms with Crippen molar-refractivity contribution in [3.63, 3.8) is 0 Å². The summed E-state index contributed by atoms with van der Waals surface area (Å²) < 4.78 is 6.36. The lowest BCUT2D eigenvalue weighted by Crippen LogP contribution is -2.26. The third-order valence-electron chi connectivity index (χ3n) is 2.90. The van der Waals surface area contributed by atoms with Crippen molar-refractivity contribution in [2.24, 2.45) is 0 Å². The van der Waals surface area contributed by atoms with E-state index in [9.17, 15) is 9.59 Å². The summed E-state index contributed by atoms with van der Waals surface area (Å²) in [5, 5.41) is 4.61. The third kappa shape index (κ3) is 4.88. The van der Waals surface area contributed by atoms with Crippen LogP contribution in [0.4, 0.5) is 0 Å². The summed E-state index contributed by atoms with van der Waals surface area (Å²) in [6.07, 6.45) is 2.16. The summed E-state index contributed by atoms with van der Waals surface area (Å²) in [6, 6.07) is 5.61. The number of ether oxygens (including phenoxy) is 1. The number of thioether (sulfide) groups is 1. The van der Waals surface area contributed by atoms with Crippen LogP contribution in [-0.2, 0) is 28.2 Å². The van der Waals surface area contributed by atoms with Gasteiger partial charge in [0.15, 0.2) is 5.16 Å². The first kappa shape index (κ1) is 17.1. The first-order valence-electron chi connectivity index (χ1n) is 7.30. The zero-order valence-corrected chi connectivity index (χ0v) is 13.9. The smallest absolute Gasteiger partial charge is 0.327 e. The molecule has 2 aromatic rings. The van der Waals surface area contributed by atoms with Crippen molar-refractivity contribution in [3.05, 3.63) is 46.1 Å². The van der Waals surface area contributed by atoms with Crippen LogP contribution >= 0.6 is 11.8 Å². The standard InChI is InChI=1S/C15H18N4O3S/c1-3-12-14(21)17-15(19(18-12)9-13(20)22-4-2)23-10-11-7-5-6-8-16-11/h5-8H,3-4,9-10H2,1-2H3. The maximum atomic E-state index is 11.9. The zero-order chi connectivity index (χ0) is 16.7. The van der Waals surface area contributed by atoms with E-state index in [1.165, 1.54) is 16.4 Å². The highest BCUT2D eigenvalue weighted by Crippen LogP contribution is 2.18. The van der Waals surface area contributed by atoms with Gasteiger partial charge in [-0.15, -0.1) is 0 Å². The van der Waals surface area contributed by atoms with Crippen LogP contribution in [0.1, 0.15) is 25.2 Å². The van der Waals surface area contributed by atoms with E-state index in [4.69, 9.17) is 4.74 Å². The minimum Gasteiger partial charge on any atom is -0.465 e. The lowest BCUT2D eigenvalue weighted by Gasteiger charge is -2.11. The second-order valence-corrected chi connectivity index (χ2v) is 5.51. The molecule has 0 unspecified atom stereocenters. The molecule has 8 heteroatoms. The Morgan fingerprint density at radius 1 is 1.35 bits per heavy atom. The number of hydrogen-bond donors (Lipinski definition) is 0. The molecule has 0 atom stereocenters. The molecule has 0 amide bonds. The molecule has 122 valence electrons. The molecule has 0 aliphatic carbocycles. The fourth-order valence-corrected chi connectivity index (χ4v) is 2.67. The number of carbonyl (C=O) groups excluding carboxylic acids is 1. The van der Waals surface area contributed by atoms with Crippen molar-refractivity contribution in [1.29, 1.82) is 0 Å². The topological polar surface area (TPSA) is 87.0 Å². The highest BCUT2D eigenvalue weighted by molar-refractivity contribution is 7.98. The molecule has 0 spiro atoms. The number of esters is 1. The van der Waals surface area contributed by atoms with Crippen molar-refractivity contribution >= 4 is 17.7 Å². The molecule has 2 rings (SSSR count). The Hall–Kier alpha value is -2.22. The Balaban J connectivity index is 2.23. The van der Waals surface area contributed by atoms with Crippen LogP contribution < -0.4 is 5.56 Å². The minimum absolute atomic E-state index is 0.0708. The molecular formula is C15H18N4O3S. The molecule has 0 aliphatic rings. The Kier molecular flexibility index (Phi) is 6.28. The Bertz CT molecular complexity index is 718. The molecule has 0 N–H and O–H groups in total. The van der Waals surface area contributed by atoms with Crippen LogP contribution in [0.15, 0.2) is 34.3 Å². The molecule has 23 heavy (non-hydrogen) atoms. The third-order valence-corrected chi connectivity index (χ3v) is 3.90. The lowest BCUT2D eigenvalue weighted by molar-refractivity contribution is -0.144. The summed E-state index contributed by atoms with van der Waals surface area (Å²) >= 11 is 1.31. The first-order valence-corrected chi connectivity index (χ1v) is 8.29. The van der Waals surface area contributed by atoms with E-state index in [0.717, 1.165) is 5.69 Å². The van der Waals surface area contributed by atoms with Gasteiger partial charge in [0.25, 0.3) is 5.56 Å². The summed E-state index contributed by atoms with van der Waals surface area (Å²) in [6.45, 7) is 3.78. The summed E-state index contributed by atoms with van der Waals surface area (Å²) in [7, 11) is 0. The summed E-state index contributed by atoms with van der Waals surface area (Å²) in [4.78, 5) is 31.9. The average Bonchev–Trinajstić information content (AvgIpc) is 2.56. The molecule has 0 saturated carbocycles. The predicted molar refractivity (Wildman–Crippen MR) is 86.1 cm³/mol. The lowest BCUT2D eigenvalue weighted by atomic mass is 10.4. The highest BCUT2D eigenvalue weighted by atomic mass is 32.2. The number of aromatic nitrogens is 4. The van der Waals surface area contributed by atoms with Crippen molar-refractivity contribution in [1.82, 2.24) is 19.7 Å². The maximum Gasteiger partial charge on any atom is 0.327 e. The van der Waals surface area contributed by atoms with Crippen LogP contribution in [0.5, 0.6) is 0 Å². The van der Waals surface area contributed by atoms with Crippen LogP contribution in [-0.4, -0.2) is 32.3 Å². The molecule has 0 aromatic carbocycles. The maximum absolute atomic E-state index is 11.9. The van der Waals surface area contributed by atoms with E-state index >= 15 is 0 Å². The molecule has 7 nitrogen and oxygen atoms in total. The Morgan fingerprint density at radius 3 is 2.83 bits per heavy atom. The van der Waals surface area contributed by atoms with Crippen LogP contribution in [0.3, 0.4) is 0 Å². The SMILES string of the molecule is CCOC(=O)Cn1nc(CC)c(=O)nc1SCc1ccccn1. The van der Waals surface area contributed by atoms with Gasteiger partial charge in [-0.05, 0) is 25.5 Å². The average molecular weight is 334 g/mol. The van der Waals surface area contributed by atoms with Gasteiger partial charge in [-0.1, -0.05) is 24.8 Å². The van der Waals surface area contributed by atoms with Gasteiger partial charge in [0.05, 0.1) is 12.3 Å². The molecular weight excluding hydrogens is 316 g/mol. The predicted octanol–water partition coefficient (Wildman–Crippen LogP) is 1.45.